The number of H-pyrrole nitrogens is 1. The molecule has 0 bridgehead atoms. The summed E-state index contributed by atoms with van der Waals surface area (Å²) in [6.07, 6.45) is 1.62. The molecule has 0 unspecified atom stereocenters. The molecule has 0 saturated carbocycles. The zero-order chi connectivity index (χ0) is 15.5. The molecular weight excluding hydrogens is 292 g/mol. The van der Waals surface area contributed by atoms with Gasteiger partial charge < -0.3 is 10.1 Å². The molecule has 0 spiro atoms. The van der Waals surface area contributed by atoms with Gasteiger partial charge in [0.25, 0.3) is 5.91 Å². The molecular formula is C15H11F2N3O2. The van der Waals surface area contributed by atoms with Crippen LogP contribution in [0.3, 0.4) is 0 Å². The van der Waals surface area contributed by atoms with Crippen molar-refractivity contribution in [1.29, 1.82) is 0 Å². The van der Waals surface area contributed by atoms with Gasteiger partial charge in [0.05, 0.1) is 17.3 Å². The van der Waals surface area contributed by atoms with Gasteiger partial charge in [-0.05, 0) is 30.3 Å². The normalized spacial score (nSPS) is 10.9. The van der Waals surface area contributed by atoms with Crippen LogP contribution in [0, 0.1) is 0 Å². The molecule has 2 aromatic carbocycles. The van der Waals surface area contributed by atoms with E-state index in [0.29, 0.717) is 5.69 Å². The first-order valence-electron chi connectivity index (χ1n) is 6.42. The monoisotopic (exact) mass is 303 g/mol. The molecule has 1 aromatic heterocycles. The molecule has 0 atom stereocenters. The molecule has 22 heavy (non-hydrogen) atoms. The molecule has 112 valence electrons. The maximum atomic E-state index is 12.4. The fourth-order valence-electron chi connectivity index (χ4n) is 2.07. The van der Waals surface area contributed by atoms with Crippen LogP contribution in [0.5, 0.6) is 5.75 Å². The second-order valence-corrected chi connectivity index (χ2v) is 4.50. The summed E-state index contributed by atoms with van der Waals surface area (Å²) < 4.78 is 29.1. The van der Waals surface area contributed by atoms with E-state index in [0.717, 1.165) is 10.9 Å². The Morgan fingerprint density at radius 1 is 1.23 bits per heavy atom. The largest absolute Gasteiger partial charge is 0.434 e. The summed E-state index contributed by atoms with van der Waals surface area (Å²) in [5.74, 6) is -0.696. The van der Waals surface area contributed by atoms with Gasteiger partial charge in [-0.3, -0.25) is 9.89 Å². The predicted octanol–water partition coefficient (Wildman–Crippen LogP) is 3.42. The number of nitrogens with zero attached hydrogens (tertiary/aromatic N) is 1. The molecule has 0 radical (unpaired) electrons. The van der Waals surface area contributed by atoms with Crippen molar-refractivity contribution in [2.24, 2.45) is 0 Å². The molecule has 7 heteroatoms. The lowest BCUT2D eigenvalue weighted by Gasteiger charge is -2.10. The van der Waals surface area contributed by atoms with Crippen LogP contribution in [0.2, 0.25) is 0 Å². The van der Waals surface area contributed by atoms with Crippen molar-refractivity contribution in [3.05, 3.63) is 54.2 Å². The molecule has 0 fully saturated rings. The molecule has 0 aliphatic heterocycles. The SMILES string of the molecule is O=C(Nc1ccc2[nH]ncc2c1)c1ccccc1OC(F)F. The summed E-state index contributed by atoms with van der Waals surface area (Å²) in [5.41, 5.74) is 1.40. The van der Waals surface area contributed by atoms with Crippen LogP contribution in [0.4, 0.5) is 14.5 Å². The Bertz CT molecular complexity index is 817. The smallest absolute Gasteiger partial charge is 0.387 e. The van der Waals surface area contributed by atoms with Crippen molar-refractivity contribution in [1.82, 2.24) is 10.2 Å². The summed E-state index contributed by atoms with van der Waals surface area (Å²) in [7, 11) is 0. The summed E-state index contributed by atoms with van der Waals surface area (Å²) >= 11 is 0. The number of rotatable bonds is 4. The fraction of sp³-hybridized carbons (Fsp3) is 0.0667. The van der Waals surface area contributed by atoms with Gasteiger partial charge in [-0.15, -0.1) is 0 Å². The fourth-order valence-corrected chi connectivity index (χ4v) is 2.07. The Labute approximate surface area is 123 Å². The highest BCUT2D eigenvalue weighted by Crippen LogP contribution is 2.23. The molecule has 3 rings (SSSR count). The van der Waals surface area contributed by atoms with Crippen molar-refractivity contribution in [2.75, 3.05) is 5.32 Å². The minimum atomic E-state index is -2.99. The Kier molecular flexibility index (Phi) is 3.69. The first-order chi connectivity index (χ1) is 10.6. The van der Waals surface area contributed by atoms with E-state index in [2.05, 4.69) is 20.3 Å². The van der Waals surface area contributed by atoms with Crippen LogP contribution >= 0.6 is 0 Å². The standard InChI is InChI=1S/C15H11F2N3O2/c16-15(17)22-13-4-2-1-3-11(13)14(21)19-10-5-6-12-9(7-10)8-18-20-12/h1-8,15H,(H,18,20)(H,19,21). The Morgan fingerprint density at radius 3 is 2.86 bits per heavy atom. The molecule has 1 heterocycles. The van der Waals surface area contributed by atoms with Crippen molar-refractivity contribution in [2.45, 2.75) is 6.61 Å². The van der Waals surface area contributed by atoms with Gasteiger partial charge in [-0.1, -0.05) is 12.1 Å². The Morgan fingerprint density at radius 2 is 2.05 bits per heavy atom. The summed E-state index contributed by atoms with van der Waals surface area (Å²) in [4.78, 5) is 12.2. The van der Waals surface area contributed by atoms with Crippen LogP contribution in [-0.4, -0.2) is 22.7 Å². The van der Waals surface area contributed by atoms with Gasteiger partial charge in [0.2, 0.25) is 0 Å². The highest BCUT2D eigenvalue weighted by Gasteiger charge is 2.15. The summed E-state index contributed by atoms with van der Waals surface area (Å²) in [6, 6.07) is 11.0. The lowest BCUT2D eigenvalue weighted by molar-refractivity contribution is -0.0501. The minimum Gasteiger partial charge on any atom is -0.434 e. The number of nitrogens with one attached hydrogen (secondary N) is 2. The topological polar surface area (TPSA) is 67.0 Å². The highest BCUT2D eigenvalue weighted by molar-refractivity contribution is 6.06. The molecule has 5 nitrogen and oxygen atoms in total. The number of carbonyl (C=O) groups is 1. The van der Waals surface area contributed by atoms with Crippen molar-refractivity contribution >= 4 is 22.5 Å². The second-order valence-electron chi connectivity index (χ2n) is 4.50. The maximum absolute atomic E-state index is 12.4. The maximum Gasteiger partial charge on any atom is 0.387 e. The van der Waals surface area contributed by atoms with Gasteiger partial charge in [-0.2, -0.15) is 13.9 Å². The quantitative estimate of drug-likeness (QED) is 0.776. The number of benzene rings is 2. The molecule has 2 N–H and O–H groups in total. The van der Waals surface area contributed by atoms with Crippen molar-refractivity contribution < 1.29 is 18.3 Å². The number of alkyl halides is 2. The number of aromatic nitrogens is 2. The third kappa shape index (κ3) is 2.88. The van der Waals surface area contributed by atoms with Crippen LogP contribution in [-0.2, 0) is 0 Å². The van der Waals surface area contributed by atoms with Gasteiger partial charge >= 0.3 is 6.61 Å². The van der Waals surface area contributed by atoms with Gasteiger partial charge in [0.1, 0.15) is 5.75 Å². The van der Waals surface area contributed by atoms with E-state index >= 15 is 0 Å². The third-order valence-corrected chi connectivity index (χ3v) is 3.05. The number of fused-ring (bicyclic) bond motifs is 1. The first-order valence-corrected chi connectivity index (χ1v) is 6.42. The van der Waals surface area contributed by atoms with Crippen LogP contribution in [0.1, 0.15) is 10.4 Å². The number of carbonyl (C=O) groups excluding carboxylic acids is 1. The summed E-state index contributed by atoms with van der Waals surface area (Å²) in [6.45, 7) is -2.99. The Hall–Kier alpha value is -2.96. The molecule has 1 amide bonds. The highest BCUT2D eigenvalue weighted by atomic mass is 19.3. The van der Waals surface area contributed by atoms with E-state index in [1.165, 1.54) is 18.2 Å². The zero-order valence-corrected chi connectivity index (χ0v) is 11.2. The van der Waals surface area contributed by atoms with E-state index in [1.54, 1.807) is 30.5 Å². The lowest BCUT2D eigenvalue weighted by atomic mass is 10.1. The molecule has 3 aromatic rings. The van der Waals surface area contributed by atoms with Crippen LogP contribution < -0.4 is 10.1 Å². The van der Waals surface area contributed by atoms with E-state index in [1.807, 2.05) is 0 Å². The van der Waals surface area contributed by atoms with E-state index in [-0.39, 0.29) is 11.3 Å². The second kappa shape index (κ2) is 5.80. The molecule has 0 saturated heterocycles. The zero-order valence-electron chi connectivity index (χ0n) is 11.2. The van der Waals surface area contributed by atoms with Gasteiger partial charge in [0.15, 0.2) is 0 Å². The number of amides is 1. The molecule has 0 aliphatic carbocycles. The number of ether oxygens (including phenoxy) is 1. The van der Waals surface area contributed by atoms with E-state index < -0.39 is 12.5 Å². The first kappa shape index (κ1) is 14.0. The predicted molar refractivity (Wildman–Crippen MR) is 77.1 cm³/mol. The molecule has 0 aliphatic rings. The van der Waals surface area contributed by atoms with Crippen molar-refractivity contribution in [3.8, 4) is 5.75 Å². The lowest BCUT2D eigenvalue weighted by Crippen LogP contribution is -2.14. The number of hydrogen-bond acceptors (Lipinski definition) is 3. The van der Waals surface area contributed by atoms with Crippen LogP contribution in [0.15, 0.2) is 48.7 Å². The number of hydrogen-bond donors (Lipinski definition) is 2. The number of halogens is 2. The number of anilines is 1. The van der Waals surface area contributed by atoms with E-state index in [9.17, 15) is 13.6 Å². The van der Waals surface area contributed by atoms with Crippen LogP contribution in [0.25, 0.3) is 10.9 Å². The van der Waals surface area contributed by atoms with Gasteiger partial charge in [-0.25, -0.2) is 0 Å². The van der Waals surface area contributed by atoms with Crippen molar-refractivity contribution in [3.63, 3.8) is 0 Å². The number of para-hydroxylation sites is 1. The van der Waals surface area contributed by atoms with E-state index in [4.69, 9.17) is 0 Å². The average Bonchev–Trinajstić information content (AvgIpc) is 2.94. The average molecular weight is 303 g/mol. The summed E-state index contributed by atoms with van der Waals surface area (Å²) in [5, 5.41) is 10.2. The minimum absolute atomic E-state index is 0.0371. The number of aromatic amines is 1. The Balaban J connectivity index is 1.84. The third-order valence-electron chi connectivity index (χ3n) is 3.05. The van der Waals surface area contributed by atoms with Gasteiger partial charge in [0, 0.05) is 11.1 Å².